The van der Waals surface area contributed by atoms with Crippen molar-refractivity contribution in [1.29, 1.82) is 0 Å². The Morgan fingerprint density at radius 1 is 1.40 bits per heavy atom. The SMILES string of the molecule is CC(=O)/C=C/c1ccc(C(C)C)c(F)c1. The molecule has 1 aromatic rings. The number of hydrogen-bond acceptors (Lipinski definition) is 1. The quantitative estimate of drug-likeness (QED) is 0.691. The van der Waals surface area contributed by atoms with Gasteiger partial charge in [-0.3, -0.25) is 4.79 Å². The molecule has 0 heterocycles. The molecule has 80 valence electrons. The van der Waals surface area contributed by atoms with Gasteiger partial charge in [-0.15, -0.1) is 0 Å². The van der Waals surface area contributed by atoms with Crippen LogP contribution in [0.15, 0.2) is 24.3 Å². The topological polar surface area (TPSA) is 17.1 Å². The van der Waals surface area contributed by atoms with E-state index in [1.165, 1.54) is 19.1 Å². The maximum atomic E-state index is 13.5. The summed E-state index contributed by atoms with van der Waals surface area (Å²) < 4.78 is 13.5. The molecule has 0 saturated heterocycles. The van der Waals surface area contributed by atoms with Crippen molar-refractivity contribution in [2.24, 2.45) is 0 Å². The molecule has 0 amide bonds. The van der Waals surface area contributed by atoms with Gasteiger partial charge in [0.25, 0.3) is 0 Å². The van der Waals surface area contributed by atoms with Crippen molar-refractivity contribution in [2.75, 3.05) is 0 Å². The predicted molar refractivity (Wildman–Crippen MR) is 60.2 cm³/mol. The highest BCUT2D eigenvalue weighted by molar-refractivity contribution is 5.91. The van der Waals surface area contributed by atoms with E-state index in [1.807, 2.05) is 19.9 Å². The molecule has 0 bridgehead atoms. The lowest BCUT2D eigenvalue weighted by Crippen LogP contribution is -1.93. The molecule has 0 unspecified atom stereocenters. The number of benzene rings is 1. The lowest BCUT2D eigenvalue weighted by atomic mass is 10.0. The molecule has 0 aliphatic carbocycles. The summed E-state index contributed by atoms with van der Waals surface area (Å²) in [5.41, 5.74) is 1.42. The number of carbonyl (C=O) groups excluding carboxylic acids is 1. The van der Waals surface area contributed by atoms with Crippen molar-refractivity contribution in [3.8, 4) is 0 Å². The monoisotopic (exact) mass is 206 g/mol. The zero-order chi connectivity index (χ0) is 11.4. The van der Waals surface area contributed by atoms with Crippen molar-refractivity contribution in [1.82, 2.24) is 0 Å². The van der Waals surface area contributed by atoms with Crippen molar-refractivity contribution in [3.05, 3.63) is 41.2 Å². The van der Waals surface area contributed by atoms with Crippen molar-refractivity contribution >= 4 is 11.9 Å². The van der Waals surface area contributed by atoms with Crippen LogP contribution in [0.25, 0.3) is 6.08 Å². The van der Waals surface area contributed by atoms with Gasteiger partial charge in [-0.05, 0) is 36.1 Å². The molecule has 0 radical (unpaired) electrons. The molecule has 1 aromatic carbocycles. The van der Waals surface area contributed by atoms with Crippen LogP contribution in [0.5, 0.6) is 0 Å². The molecule has 0 N–H and O–H groups in total. The highest BCUT2D eigenvalue weighted by Gasteiger charge is 2.05. The molecule has 0 atom stereocenters. The second kappa shape index (κ2) is 4.87. The van der Waals surface area contributed by atoms with Gasteiger partial charge in [0.05, 0.1) is 0 Å². The van der Waals surface area contributed by atoms with Crippen molar-refractivity contribution in [2.45, 2.75) is 26.7 Å². The fourth-order valence-electron chi connectivity index (χ4n) is 1.33. The maximum Gasteiger partial charge on any atom is 0.152 e. The lowest BCUT2D eigenvalue weighted by molar-refractivity contribution is -0.112. The van der Waals surface area contributed by atoms with E-state index in [1.54, 1.807) is 12.1 Å². The molecule has 0 fully saturated rings. The van der Waals surface area contributed by atoms with Crippen LogP contribution in [0.1, 0.15) is 37.8 Å². The Kier molecular flexibility index (Phi) is 3.78. The van der Waals surface area contributed by atoms with Gasteiger partial charge in [-0.2, -0.15) is 0 Å². The Hall–Kier alpha value is -1.44. The van der Waals surface area contributed by atoms with E-state index >= 15 is 0 Å². The summed E-state index contributed by atoms with van der Waals surface area (Å²) in [4.78, 5) is 10.7. The molecular formula is C13H15FO. The summed E-state index contributed by atoms with van der Waals surface area (Å²) in [6.45, 7) is 5.36. The minimum atomic E-state index is -0.212. The van der Waals surface area contributed by atoms with E-state index in [0.717, 1.165) is 0 Å². The van der Waals surface area contributed by atoms with Crippen LogP contribution >= 0.6 is 0 Å². The average molecular weight is 206 g/mol. The van der Waals surface area contributed by atoms with Gasteiger partial charge in [0, 0.05) is 0 Å². The highest BCUT2D eigenvalue weighted by Crippen LogP contribution is 2.19. The standard InChI is InChI=1S/C13H15FO/c1-9(2)12-7-6-11(8-13(12)14)5-4-10(3)15/h4-9H,1-3H3/b5-4+. The summed E-state index contributed by atoms with van der Waals surface area (Å²) >= 11 is 0. The molecule has 0 aliphatic rings. The fourth-order valence-corrected chi connectivity index (χ4v) is 1.33. The fraction of sp³-hybridized carbons (Fsp3) is 0.308. The van der Waals surface area contributed by atoms with Crippen LogP contribution in [-0.2, 0) is 4.79 Å². The van der Waals surface area contributed by atoms with Gasteiger partial charge in [-0.25, -0.2) is 4.39 Å². The summed E-state index contributed by atoms with van der Waals surface area (Å²) in [7, 11) is 0. The molecule has 0 aromatic heterocycles. The number of rotatable bonds is 3. The molecule has 15 heavy (non-hydrogen) atoms. The van der Waals surface area contributed by atoms with E-state index in [-0.39, 0.29) is 17.5 Å². The van der Waals surface area contributed by atoms with E-state index in [9.17, 15) is 9.18 Å². The van der Waals surface area contributed by atoms with E-state index < -0.39 is 0 Å². The molecule has 2 heteroatoms. The number of carbonyl (C=O) groups is 1. The molecule has 0 spiro atoms. The molecular weight excluding hydrogens is 191 g/mol. The summed E-state index contributed by atoms with van der Waals surface area (Å²) in [6.07, 6.45) is 3.05. The average Bonchev–Trinajstić information content (AvgIpc) is 2.14. The summed E-state index contributed by atoms with van der Waals surface area (Å²) in [5, 5.41) is 0. The molecule has 0 aliphatic heterocycles. The zero-order valence-electron chi connectivity index (χ0n) is 9.25. The second-order valence-electron chi connectivity index (χ2n) is 3.88. The zero-order valence-corrected chi connectivity index (χ0v) is 9.25. The number of ketones is 1. The second-order valence-corrected chi connectivity index (χ2v) is 3.88. The maximum absolute atomic E-state index is 13.5. The van der Waals surface area contributed by atoms with Crippen LogP contribution in [-0.4, -0.2) is 5.78 Å². The predicted octanol–water partition coefficient (Wildman–Crippen LogP) is 3.55. The third-order valence-corrected chi connectivity index (χ3v) is 2.16. The molecule has 1 nitrogen and oxygen atoms in total. The van der Waals surface area contributed by atoms with Crippen LogP contribution in [0.4, 0.5) is 4.39 Å². The highest BCUT2D eigenvalue weighted by atomic mass is 19.1. The number of hydrogen-bond donors (Lipinski definition) is 0. The van der Waals surface area contributed by atoms with Gasteiger partial charge in [0.1, 0.15) is 5.82 Å². The third kappa shape index (κ3) is 3.31. The number of halogens is 1. The van der Waals surface area contributed by atoms with Gasteiger partial charge < -0.3 is 0 Å². The minimum absolute atomic E-state index is 0.0386. The van der Waals surface area contributed by atoms with Gasteiger partial charge in [0.15, 0.2) is 5.78 Å². The normalized spacial score (nSPS) is 11.3. The van der Waals surface area contributed by atoms with Gasteiger partial charge >= 0.3 is 0 Å². The first kappa shape index (κ1) is 11.6. The largest absolute Gasteiger partial charge is 0.295 e. The Bertz CT molecular complexity index is 392. The Labute approximate surface area is 89.6 Å². The Balaban J connectivity index is 2.96. The lowest BCUT2D eigenvalue weighted by Gasteiger charge is -2.06. The van der Waals surface area contributed by atoms with E-state index in [2.05, 4.69) is 0 Å². The Morgan fingerprint density at radius 2 is 2.07 bits per heavy atom. The van der Waals surface area contributed by atoms with Crippen molar-refractivity contribution in [3.63, 3.8) is 0 Å². The first-order valence-electron chi connectivity index (χ1n) is 4.99. The first-order valence-corrected chi connectivity index (χ1v) is 4.99. The summed E-state index contributed by atoms with van der Waals surface area (Å²) in [6, 6.07) is 5.03. The van der Waals surface area contributed by atoms with Gasteiger partial charge in [-0.1, -0.05) is 32.1 Å². The van der Waals surface area contributed by atoms with Crippen LogP contribution in [0, 0.1) is 5.82 Å². The molecule has 0 saturated carbocycles. The smallest absolute Gasteiger partial charge is 0.152 e. The first-order chi connectivity index (χ1) is 7.00. The van der Waals surface area contributed by atoms with Crippen molar-refractivity contribution < 1.29 is 9.18 Å². The van der Waals surface area contributed by atoms with Gasteiger partial charge in [0.2, 0.25) is 0 Å². The van der Waals surface area contributed by atoms with E-state index in [0.29, 0.717) is 11.1 Å². The number of allylic oxidation sites excluding steroid dienone is 1. The minimum Gasteiger partial charge on any atom is -0.295 e. The van der Waals surface area contributed by atoms with Crippen LogP contribution in [0.3, 0.4) is 0 Å². The molecule has 1 rings (SSSR count). The summed E-state index contributed by atoms with van der Waals surface area (Å²) in [5.74, 6) is -0.0742. The van der Waals surface area contributed by atoms with Crippen LogP contribution in [0.2, 0.25) is 0 Å². The van der Waals surface area contributed by atoms with E-state index in [4.69, 9.17) is 0 Å². The van der Waals surface area contributed by atoms with Crippen LogP contribution < -0.4 is 0 Å². The Morgan fingerprint density at radius 3 is 2.53 bits per heavy atom. The third-order valence-electron chi connectivity index (χ3n) is 2.16.